The van der Waals surface area contributed by atoms with Crippen molar-refractivity contribution in [2.24, 2.45) is 9.98 Å². The van der Waals surface area contributed by atoms with E-state index in [9.17, 15) is 0 Å². The molecule has 1 aliphatic heterocycles. The topological polar surface area (TPSA) is 63.0 Å². The van der Waals surface area contributed by atoms with Gasteiger partial charge in [0.2, 0.25) is 0 Å². The highest BCUT2D eigenvalue weighted by molar-refractivity contribution is 7.25. The number of nitrogens with zero attached hydrogens (tertiary/aromatic N) is 2. The number of hydrogen-bond acceptors (Lipinski definition) is 6. The minimum atomic E-state index is -0.391. The molecular formula is C45H27N3O2S. The Morgan fingerprint density at radius 3 is 2.08 bits per heavy atom. The number of hydrogen-bond donors (Lipinski definition) is 1. The normalized spacial score (nSPS) is 14.9. The van der Waals surface area contributed by atoms with Gasteiger partial charge >= 0.3 is 0 Å². The fourth-order valence-corrected chi connectivity index (χ4v) is 8.64. The molecule has 5 nitrogen and oxygen atoms in total. The fraction of sp³-hybridized carbons (Fsp3) is 0.0222. The van der Waals surface area contributed by atoms with Gasteiger partial charge in [-0.05, 0) is 65.2 Å². The molecule has 0 saturated carbocycles. The van der Waals surface area contributed by atoms with Gasteiger partial charge < -0.3 is 14.2 Å². The third-order valence-corrected chi connectivity index (χ3v) is 11.1. The molecular weight excluding hydrogens is 647 g/mol. The summed E-state index contributed by atoms with van der Waals surface area (Å²) in [6.07, 6.45) is -0.391. The maximum Gasteiger partial charge on any atom is 0.160 e. The summed E-state index contributed by atoms with van der Waals surface area (Å²) in [7, 11) is 0. The summed E-state index contributed by atoms with van der Waals surface area (Å²) in [5.41, 5.74) is 8.48. The van der Waals surface area contributed by atoms with E-state index in [0.29, 0.717) is 5.84 Å². The number of fused-ring (bicyclic) bond motifs is 9. The second-order valence-electron chi connectivity index (χ2n) is 13.0. The van der Waals surface area contributed by atoms with Crippen LogP contribution < -0.4 is 5.32 Å². The zero-order valence-electron chi connectivity index (χ0n) is 27.1. The molecule has 1 unspecified atom stereocenters. The van der Waals surface area contributed by atoms with Gasteiger partial charge in [-0.15, -0.1) is 11.3 Å². The van der Waals surface area contributed by atoms with Gasteiger partial charge in [0.25, 0.3) is 0 Å². The average molecular weight is 674 g/mol. The van der Waals surface area contributed by atoms with Crippen LogP contribution in [0.4, 0.5) is 0 Å². The van der Waals surface area contributed by atoms with Crippen molar-refractivity contribution in [3.63, 3.8) is 0 Å². The van der Waals surface area contributed by atoms with Gasteiger partial charge in [-0.3, -0.25) is 0 Å². The van der Waals surface area contributed by atoms with Crippen molar-refractivity contribution in [2.75, 3.05) is 0 Å². The maximum absolute atomic E-state index is 6.56. The number of furan rings is 2. The van der Waals surface area contributed by atoms with Crippen LogP contribution in [0.3, 0.4) is 0 Å². The fourth-order valence-electron chi connectivity index (χ4n) is 7.50. The molecule has 0 radical (unpaired) electrons. The van der Waals surface area contributed by atoms with Crippen LogP contribution in [0.1, 0.15) is 22.9 Å². The van der Waals surface area contributed by atoms with E-state index < -0.39 is 6.17 Å². The molecule has 1 N–H and O–H groups in total. The monoisotopic (exact) mass is 673 g/mol. The molecule has 3 aromatic heterocycles. The van der Waals surface area contributed by atoms with Gasteiger partial charge in [0.1, 0.15) is 34.3 Å². The Morgan fingerprint density at radius 2 is 1.20 bits per heavy atom. The maximum atomic E-state index is 6.56. The summed E-state index contributed by atoms with van der Waals surface area (Å²) in [5, 5.41) is 10.4. The SMILES string of the molecule is c1ccc(C2=NC(c3cc(-c4ccc5c(c4)sc4ccccc45)cc4oc5ccccc5c34)=NC(c3ccc4oc5ccccc5c4c3)N2)cc1. The number of benzene rings is 7. The van der Waals surface area contributed by atoms with E-state index in [0.717, 1.165) is 77.5 Å². The first-order chi connectivity index (χ1) is 25.2. The minimum absolute atomic E-state index is 0.391. The first-order valence-electron chi connectivity index (χ1n) is 17.0. The summed E-state index contributed by atoms with van der Waals surface area (Å²) < 4.78 is 15.3. The summed E-state index contributed by atoms with van der Waals surface area (Å²) in [4.78, 5) is 10.6. The zero-order chi connectivity index (χ0) is 33.5. The van der Waals surface area contributed by atoms with E-state index in [-0.39, 0.29) is 0 Å². The van der Waals surface area contributed by atoms with Crippen LogP contribution in [0.5, 0.6) is 0 Å². The molecule has 0 amide bonds. The summed E-state index contributed by atoms with van der Waals surface area (Å²) in [5.74, 6) is 1.41. The zero-order valence-corrected chi connectivity index (χ0v) is 27.9. The van der Waals surface area contributed by atoms with E-state index in [2.05, 4.69) is 102 Å². The Kier molecular flexibility index (Phi) is 6.12. The quantitative estimate of drug-likeness (QED) is 0.202. The van der Waals surface area contributed by atoms with E-state index in [1.807, 2.05) is 65.9 Å². The molecule has 6 heteroatoms. The van der Waals surface area contributed by atoms with Gasteiger partial charge in [-0.1, -0.05) is 103 Å². The Bertz CT molecular complexity index is 3070. The van der Waals surface area contributed by atoms with Crippen LogP contribution in [0, 0.1) is 0 Å². The number of amidine groups is 2. The molecule has 51 heavy (non-hydrogen) atoms. The third kappa shape index (κ3) is 4.54. The first kappa shape index (κ1) is 28.3. The Balaban J connectivity index is 1.14. The predicted molar refractivity (Wildman–Crippen MR) is 211 cm³/mol. The van der Waals surface area contributed by atoms with Crippen molar-refractivity contribution < 1.29 is 8.83 Å². The van der Waals surface area contributed by atoms with Gasteiger partial charge in [0.15, 0.2) is 5.84 Å². The van der Waals surface area contributed by atoms with Gasteiger partial charge in [0, 0.05) is 52.8 Å². The second-order valence-corrected chi connectivity index (χ2v) is 14.1. The van der Waals surface area contributed by atoms with E-state index in [1.54, 1.807) is 0 Å². The Morgan fingerprint density at radius 1 is 0.490 bits per heavy atom. The summed E-state index contributed by atoms with van der Waals surface area (Å²) in [6.45, 7) is 0. The highest BCUT2D eigenvalue weighted by atomic mass is 32.1. The third-order valence-electron chi connectivity index (χ3n) is 9.94. The number of rotatable bonds is 4. The molecule has 0 spiro atoms. The van der Waals surface area contributed by atoms with Crippen molar-refractivity contribution in [2.45, 2.75) is 6.17 Å². The molecule has 0 saturated heterocycles. The predicted octanol–water partition coefficient (Wildman–Crippen LogP) is 12.0. The molecule has 1 aliphatic rings. The molecule has 240 valence electrons. The van der Waals surface area contributed by atoms with E-state index >= 15 is 0 Å². The number of para-hydroxylation sites is 2. The standard InChI is InChI=1S/C45H27N3O2S/c1-2-10-26(11-3-1)43-46-44(28-19-21-38-34(22-28)30-12-4-7-15-36(30)49-38)48-45(47-43)35-23-29(24-39-42(35)33-14-5-8-16-37(33)50-39)27-18-20-32-31-13-6-9-17-40(31)51-41(32)25-27/h1-25,44H,(H,46,47,48). The van der Waals surface area contributed by atoms with Crippen LogP contribution in [0.15, 0.2) is 170 Å². The van der Waals surface area contributed by atoms with Crippen LogP contribution in [-0.2, 0) is 0 Å². The molecule has 0 fully saturated rings. The van der Waals surface area contributed by atoms with E-state index in [4.69, 9.17) is 18.8 Å². The van der Waals surface area contributed by atoms with Crippen LogP contribution in [0.25, 0.3) is 75.2 Å². The van der Waals surface area contributed by atoms with Crippen molar-refractivity contribution in [1.29, 1.82) is 0 Å². The molecule has 10 aromatic rings. The lowest BCUT2D eigenvalue weighted by molar-refractivity contribution is 0.663. The highest BCUT2D eigenvalue weighted by Crippen LogP contribution is 2.40. The average Bonchev–Trinajstić information content (AvgIpc) is 3.88. The van der Waals surface area contributed by atoms with Crippen molar-refractivity contribution >= 4 is 87.1 Å². The molecule has 11 rings (SSSR count). The van der Waals surface area contributed by atoms with Crippen molar-refractivity contribution in [3.05, 3.63) is 168 Å². The molecule has 0 bridgehead atoms. The number of aliphatic imine (C=N–C) groups is 2. The van der Waals surface area contributed by atoms with Crippen LogP contribution in [0.2, 0.25) is 0 Å². The number of nitrogens with one attached hydrogen (secondary N) is 1. The minimum Gasteiger partial charge on any atom is -0.456 e. The summed E-state index contributed by atoms with van der Waals surface area (Å²) >= 11 is 1.82. The van der Waals surface area contributed by atoms with Crippen molar-refractivity contribution in [3.8, 4) is 11.1 Å². The largest absolute Gasteiger partial charge is 0.456 e. The van der Waals surface area contributed by atoms with Gasteiger partial charge in [0.05, 0.1) is 0 Å². The molecule has 0 aliphatic carbocycles. The first-order valence-corrected chi connectivity index (χ1v) is 17.8. The lowest BCUT2D eigenvalue weighted by Crippen LogP contribution is -2.33. The molecule has 7 aromatic carbocycles. The van der Waals surface area contributed by atoms with Crippen LogP contribution >= 0.6 is 11.3 Å². The van der Waals surface area contributed by atoms with Crippen molar-refractivity contribution in [1.82, 2.24) is 5.32 Å². The lowest BCUT2D eigenvalue weighted by Gasteiger charge is -2.24. The van der Waals surface area contributed by atoms with E-state index in [1.165, 1.54) is 20.2 Å². The van der Waals surface area contributed by atoms with Gasteiger partial charge in [-0.2, -0.15) is 0 Å². The second kappa shape index (κ2) is 11.0. The summed E-state index contributed by atoms with van der Waals surface area (Å²) in [6, 6.07) is 52.7. The van der Waals surface area contributed by atoms with Gasteiger partial charge in [-0.25, -0.2) is 9.98 Å². The molecule has 4 heterocycles. The highest BCUT2D eigenvalue weighted by Gasteiger charge is 2.25. The molecule has 1 atom stereocenters. The Labute approximate surface area is 295 Å². The number of thiophene rings is 1. The van der Waals surface area contributed by atoms with Crippen LogP contribution in [-0.4, -0.2) is 11.7 Å². The Hall–Kier alpha value is -6.50. The lowest BCUT2D eigenvalue weighted by atomic mass is 9.97. The smallest absolute Gasteiger partial charge is 0.160 e.